The van der Waals surface area contributed by atoms with E-state index < -0.39 is 0 Å². The van der Waals surface area contributed by atoms with Crippen LogP contribution in [0.15, 0.2) is 4.99 Å². The molecule has 0 spiro atoms. The average molecular weight is 214 g/mol. The van der Waals surface area contributed by atoms with Crippen LogP contribution in [0.25, 0.3) is 0 Å². The van der Waals surface area contributed by atoms with Crippen molar-refractivity contribution < 1.29 is 4.74 Å². The summed E-state index contributed by atoms with van der Waals surface area (Å²) in [7, 11) is 0. The first-order valence-electron chi connectivity index (χ1n) is 5.30. The van der Waals surface area contributed by atoms with Gasteiger partial charge in [-0.2, -0.15) is 0 Å². The Morgan fingerprint density at radius 3 is 3.00 bits per heavy atom. The lowest BCUT2D eigenvalue weighted by atomic mass is 9.99. The van der Waals surface area contributed by atoms with Crippen molar-refractivity contribution in [3.8, 4) is 0 Å². The second-order valence-corrected chi connectivity index (χ2v) is 5.21. The zero-order valence-electron chi connectivity index (χ0n) is 8.82. The summed E-state index contributed by atoms with van der Waals surface area (Å²) in [5.74, 6) is 1.71. The van der Waals surface area contributed by atoms with Gasteiger partial charge in [0.15, 0.2) is 5.17 Å². The molecule has 2 heterocycles. The van der Waals surface area contributed by atoms with Gasteiger partial charge < -0.3 is 10.1 Å². The number of hydrogen-bond acceptors (Lipinski definition) is 3. The number of hydrogen-bond donors (Lipinski definition) is 1. The lowest BCUT2D eigenvalue weighted by Crippen LogP contribution is -2.31. The third-order valence-electron chi connectivity index (χ3n) is 2.72. The van der Waals surface area contributed by atoms with Gasteiger partial charge in [0.05, 0.1) is 12.6 Å². The monoisotopic (exact) mass is 214 g/mol. The van der Waals surface area contributed by atoms with Crippen molar-refractivity contribution in [3.05, 3.63) is 0 Å². The van der Waals surface area contributed by atoms with E-state index in [1.54, 1.807) is 0 Å². The van der Waals surface area contributed by atoms with E-state index in [4.69, 9.17) is 9.73 Å². The molecule has 0 aromatic carbocycles. The van der Waals surface area contributed by atoms with Crippen LogP contribution < -0.4 is 5.32 Å². The summed E-state index contributed by atoms with van der Waals surface area (Å²) in [6, 6.07) is 1.04. The Hall–Kier alpha value is -0.220. The standard InChI is InChI=1S/C10H18N2OS/c1-7-5-13-4-3-9(7)12-10-11-8(2)6-14-10/h7-9H,3-6H2,1-2H3,(H,11,12). The topological polar surface area (TPSA) is 33.6 Å². The lowest BCUT2D eigenvalue weighted by molar-refractivity contribution is 0.0497. The maximum absolute atomic E-state index is 5.40. The summed E-state index contributed by atoms with van der Waals surface area (Å²) in [6.07, 6.45) is 1.07. The second-order valence-electron chi connectivity index (χ2n) is 4.20. The maximum atomic E-state index is 5.40. The van der Waals surface area contributed by atoms with Gasteiger partial charge in [0.1, 0.15) is 0 Å². The molecule has 3 unspecified atom stereocenters. The molecule has 2 rings (SSSR count). The Labute approximate surface area is 89.7 Å². The largest absolute Gasteiger partial charge is 0.381 e. The SMILES string of the molecule is CC1CSC(=NC2CCOCC2C)N1. The van der Waals surface area contributed by atoms with E-state index in [0.29, 0.717) is 18.0 Å². The molecule has 2 aliphatic heterocycles. The van der Waals surface area contributed by atoms with Crippen LogP contribution in [0.5, 0.6) is 0 Å². The zero-order chi connectivity index (χ0) is 9.97. The van der Waals surface area contributed by atoms with E-state index in [9.17, 15) is 0 Å². The van der Waals surface area contributed by atoms with Gasteiger partial charge in [0.25, 0.3) is 0 Å². The molecule has 0 saturated carbocycles. The third kappa shape index (κ3) is 2.42. The fourth-order valence-electron chi connectivity index (χ4n) is 1.78. The molecule has 2 fully saturated rings. The molecule has 1 N–H and O–H groups in total. The van der Waals surface area contributed by atoms with Gasteiger partial charge in [0, 0.05) is 24.3 Å². The predicted octanol–water partition coefficient (Wildman–Crippen LogP) is 1.49. The van der Waals surface area contributed by atoms with Crippen molar-refractivity contribution in [1.82, 2.24) is 5.32 Å². The Balaban J connectivity index is 1.94. The normalized spacial score (nSPS) is 41.3. The van der Waals surface area contributed by atoms with E-state index in [1.165, 1.54) is 0 Å². The molecule has 0 amide bonds. The van der Waals surface area contributed by atoms with Crippen molar-refractivity contribution in [1.29, 1.82) is 0 Å². The van der Waals surface area contributed by atoms with Gasteiger partial charge >= 0.3 is 0 Å². The van der Waals surface area contributed by atoms with E-state index in [1.807, 2.05) is 11.8 Å². The van der Waals surface area contributed by atoms with Gasteiger partial charge in [-0.3, -0.25) is 4.99 Å². The van der Waals surface area contributed by atoms with Crippen molar-refractivity contribution in [3.63, 3.8) is 0 Å². The van der Waals surface area contributed by atoms with Crippen molar-refractivity contribution in [2.24, 2.45) is 10.9 Å². The lowest BCUT2D eigenvalue weighted by Gasteiger charge is -2.25. The molecule has 0 bridgehead atoms. The number of nitrogens with zero attached hydrogens (tertiary/aromatic N) is 1. The number of rotatable bonds is 1. The highest BCUT2D eigenvalue weighted by Gasteiger charge is 2.23. The number of aliphatic imine (C=N–C) groups is 1. The summed E-state index contributed by atoms with van der Waals surface area (Å²) in [6.45, 7) is 6.15. The first-order chi connectivity index (χ1) is 6.75. The van der Waals surface area contributed by atoms with Crippen molar-refractivity contribution >= 4 is 16.9 Å². The first-order valence-corrected chi connectivity index (χ1v) is 6.29. The highest BCUT2D eigenvalue weighted by Crippen LogP contribution is 2.21. The highest BCUT2D eigenvalue weighted by atomic mass is 32.2. The van der Waals surface area contributed by atoms with Crippen LogP contribution in [0, 0.1) is 5.92 Å². The molecule has 0 aliphatic carbocycles. The van der Waals surface area contributed by atoms with Gasteiger partial charge in [-0.15, -0.1) is 0 Å². The maximum Gasteiger partial charge on any atom is 0.157 e. The van der Waals surface area contributed by atoms with Crippen LogP contribution in [0.1, 0.15) is 20.3 Å². The number of nitrogens with one attached hydrogen (secondary N) is 1. The van der Waals surface area contributed by atoms with E-state index in [0.717, 1.165) is 30.6 Å². The first kappa shape index (κ1) is 10.3. The molecule has 80 valence electrons. The molecule has 3 atom stereocenters. The molecule has 4 heteroatoms. The van der Waals surface area contributed by atoms with Gasteiger partial charge in [-0.1, -0.05) is 18.7 Å². The van der Waals surface area contributed by atoms with Crippen LogP contribution >= 0.6 is 11.8 Å². The fraction of sp³-hybridized carbons (Fsp3) is 0.900. The quantitative estimate of drug-likeness (QED) is 0.718. The Morgan fingerprint density at radius 1 is 1.50 bits per heavy atom. The number of ether oxygens (including phenoxy) is 1. The Kier molecular flexibility index (Phi) is 3.34. The molecular weight excluding hydrogens is 196 g/mol. The second kappa shape index (κ2) is 4.53. The van der Waals surface area contributed by atoms with Crippen LogP contribution in [-0.2, 0) is 4.74 Å². The third-order valence-corrected chi connectivity index (χ3v) is 3.88. The minimum absolute atomic E-state index is 0.462. The predicted molar refractivity (Wildman–Crippen MR) is 60.9 cm³/mol. The molecule has 2 saturated heterocycles. The van der Waals surface area contributed by atoms with Crippen LogP contribution in [0.3, 0.4) is 0 Å². The zero-order valence-corrected chi connectivity index (χ0v) is 9.64. The summed E-state index contributed by atoms with van der Waals surface area (Å²) in [4.78, 5) is 4.75. The van der Waals surface area contributed by atoms with E-state index in [-0.39, 0.29) is 0 Å². The minimum Gasteiger partial charge on any atom is -0.381 e. The van der Waals surface area contributed by atoms with E-state index in [2.05, 4.69) is 19.2 Å². The van der Waals surface area contributed by atoms with Gasteiger partial charge in [-0.05, 0) is 13.3 Å². The molecular formula is C10H18N2OS. The summed E-state index contributed by atoms with van der Waals surface area (Å²) < 4.78 is 5.40. The van der Waals surface area contributed by atoms with E-state index >= 15 is 0 Å². The Morgan fingerprint density at radius 2 is 2.36 bits per heavy atom. The highest BCUT2D eigenvalue weighted by molar-refractivity contribution is 8.14. The van der Waals surface area contributed by atoms with Crippen molar-refractivity contribution in [2.75, 3.05) is 19.0 Å². The summed E-state index contributed by atoms with van der Waals surface area (Å²) >= 11 is 1.84. The minimum atomic E-state index is 0.462. The molecule has 0 radical (unpaired) electrons. The summed E-state index contributed by atoms with van der Waals surface area (Å²) in [5, 5.41) is 4.53. The molecule has 14 heavy (non-hydrogen) atoms. The smallest absolute Gasteiger partial charge is 0.157 e. The van der Waals surface area contributed by atoms with Crippen LogP contribution in [0.4, 0.5) is 0 Å². The molecule has 0 aromatic heterocycles. The van der Waals surface area contributed by atoms with Gasteiger partial charge in [-0.25, -0.2) is 0 Å². The summed E-state index contributed by atoms with van der Waals surface area (Å²) in [5.41, 5.74) is 0. The van der Waals surface area contributed by atoms with Crippen LogP contribution in [0.2, 0.25) is 0 Å². The molecule has 0 aromatic rings. The Bertz CT molecular complexity index is 232. The molecule has 2 aliphatic rings. The van der Waals surface area contributed by atoms with Crippen LogP contribution in [-0.4, -0.2) is 36.2 Å². The fourth-order valence-corrected chi connectivity index (χ4v) is 2.77. The number of thioether (sulfide) groups is 1. The average Bonchev–Trinajstić information content (AvgIpc) is 2.56. The molecule has 3 nitrogen and oxygen atoms in total. The number of amidine groups is 1. The van der Waals surface area contributed by atoms with Crippen molar-refractivity contribution in [2.45, 2.75) is 32.4 Å². The van der Waals surface area contributed by atoms with Gasteiger partial charge in [0.2, 0.25) is 0 Å².